The number of hydrogen-bond acceptors (Lipinski definition) is 3. The molecule has 1 saturated heterocycles. The maximum Gasteiger partial charge on any atom is 0.410 e. The predicted octanol–water partition coefficient (Wildman–Crippen LogP) is 6.61. The van der Waals surface area contributed by atoms with Gasteiger partial charge in [0.2, 0.25) is 0 Å². The molecule has 1 aliphatic carbocycles. The SMILES string of the molecule is CC(C)c1ccc(CSc2ccc(C34C[C@@H]3CN(C(=O)OC(C)(C)C)C4)cc2)cc1. The maximum atomic E-state index is 12.4. The normalized spacial score (nSPS) is 22.9. The molecule has 2 fully saturated rings. The lowest BCUT2D eigenvalue weighted by atomic mass is 9.95. The summed E-state index contributed by atoms with van der Waals surface area (Å²) in [6.45, 7) is 11.8. The Morgan fingerprint density at radius 1 is 1.13 bits per heavy atom. The van der Waals surface area contributed by atoms with Gasteiger partial charge in [0.25, 0.3) is 0 Å². The number of nitrogens with zero attached hydrogens (tertiary/aromatic N) is 1. The molecule has 2 aromatic rings. The molecule has 2 aliphatic rings. The van der Waals surface area contributed by atoms with Crippen LogP contribution in [-0.2, 0) is 15.9 Å². The number of amides is 1. The Hall–Kier alpha value is -1.94. The average molecular weight is 424 g/mol. The minimum Gasteiger partial charge on any atom is -0.444 e. The van der Waals surface area contributed by atoms with Crippen molar-refractivity contribution in [3.8, 4) is 0 Å². The standard InChI is InChI=1S/C26H33NO2S/c1-18(2)20-8-6-19(7-9-20)16-30-23-12-10-21(11-13-23)26-14-22(26)15-27(17-26)24(28)29-25(3,4)5/h6-13,18,22H,14-17H2,1-5H3/t22-,26?/m1/s1. The summed E-state index contributed by atoms with van der Waals surface area (Å²) in [6, 6.07) is 18.0. The van der Waals surface area contributed by atoms with Gasteiger partial charge in [-0.15, -0.1) is 11.8 Å². The van der Waals surface area contributed by atoms with Crippen LogP contribution in [0.15, 0.2) is 53.4 Å². The van der Waals surface area contributed by atoms with Crippen LogP contribution >= 0.6 is 11.8 Å². The number of rotatable bonds is 5. The lowest BCUT2D eigenvalue weighted by Crippen LogP contribution is -2.37. The summed E-state index contributed by atoms with van der Waals surface area (Å²) >= 11 is 1.88. The van der Waals surface area contributed by atoms with Gasteiger partial charge in [0.1, 0.15) is 5.60 Å². The Labute approximate surface area is 185 Å². The third kappa shape index (κ3) is 4.54. The maximum absolute atomic E-state index is 12.4. The molecule has 1 saturated carbocycles. The number of carbonyl (C=O) groups excluding carboxylic acids is 1. The van der Waals surface area contributed by atoms with Crippen LogP contribution in [0, 0.1) is 5.92 Å². The molecular weight excluding hydrogens is 390 g/mol. The Morgan fingerprint density at radius 2 is 1.80 bits per heavy atom. The molecule has 1 heterocycles. The molecule has 4 rings (SSSR count). The molecule has 160 valence electrons. The molecule has 4 heteroatoms. The predicted molar refractivity (Wildman–Crippen MR) is 124 cm³/mol. The van der Waals surface area contributed by atoms with Gasteiger partial charge in [-0.1, -0.05) is 50.2 Å². The monoisotopic (exact) mass is 423 g/mol. The highest BCUT2D eigenvalue weighted by molar-refractivity contribution is 7.98. The molecule has 30 heavy (non-hydrogen) atoms. The zero-order valence-electron chi connectivity index (χ0n) is 18.8. The molecule has 2 aromatic carbocycles. The fourth-order valence-corrected chi connectivity index (χ4v) is 5.30. The number of benzene rings is 2. The fraction of sp³-hybridized carbons (Fsp3) is 0.500. The largest absolute Gasteiger partial charge is 0.444 e. The van der Waals surface area contributed by atoms with Gasteiger partial charge in [0, 0.05) is 29.2 Å². The Morgan fingerprint density at radius 3 is 2.40 bits per heavy atom. The number of fused-ring (bicyclic) bond motifs is 1. The number of piperidine rings is 1. The highest BCUT2D eigenvalue weighted by Crippen LogP contribution is 2.59. The van der Waals surface area contributed by atoms with E-state index >= 15 is 0 Å². The first kappa shape index (κ1) is 21.3. The number of ether oxygens (including phenoxy) is 1. The van der Waals surface area contributed by atoms with Gasteiger partial charge in [0.15, 0.2) is 0 Å². The number of thioether (sulfide) groups is 1. The van der Waals surface area contributed by atoms with Crippen LogP contribution in [0.1, 0.15) is 63.6 Å². The summed E-state index contributed by atoms with van der Waals surface area (Å²) in [7, 11) is 0. The van der Waals surface area contributed by atoms with Gasteiger partial charge in [-0.05, 0) is 67.9 Å². The second-order valence-electron chi connectivity index (χ2n) is 10.1. The molecule has 3 nitrogen and oxygen atoms in total. The van der Waals surface area contributed by atoms with Crippen LogP contribution in [0.4, 0.5) is 4.79 Å². The molecule has 1 unspecified atom stereocenters. The Kier molecular flexibility index (Phi) is 5.65. The van der Waals surface area contributed by atoms with Gasteiger partial charge < -0.3 is 9.64 Å². The van der Waals surface area contributed by atoms with Crippen LogP contribution in [-0.4, -0.2) is 29.7 Å². The highest BCUT2D eigenvalue weighted by atomic mass is 32.2. The van der Waals surface area contributed by atoms with Crippen molar-refractivity contribution >= 4 is 17.9 Å². The van der Waals surface area contributed by atoms with Crippen molar-refractivity contribution in [3.05, 3.63) is 65.2 Å². The Balaban J connectivity index is 1.34. The van der Waals surface area contributed by atoms with E-state index in [4.69, 9.17) is 4.74 Å². The molecule has 2 atom stereocenters. The second kappa shape index (κ2) is 7.96. The van der Waals surface area contributed by atoms with Crippen molar-refractivity contribution in [1.29, 1.82) is 0 Å². The molecule has 1 aliphatic heterocycles. The van der Waals surface area contributed by atoms with E-state index < -0.39 is 5.60 Å². The summed E-state index contributed by atoms with van der Waals surface area (Å²) in [4.78, 5) is 15.6. The average Bonchev–Trinajstić information content (AvgIpc) is 3.26. The molecule has 0 N–H and O–H groups in total. The summed E-state index contributed by atoms with van der Waals surface area (Å²) in [5.74, 6) is 2.13. The lowest BCUT2D eigenvalue weighted by molar-refractivity contribution is 0.0270. The molecular formula is C26H33NO2S. The van der Waals surface area contributed by atoms with Crippen LogP contribution < -0.4 is 0 Å². The smallest absolute Gasteiger partial charge is 0.410 e. The van der Waals surface area contributed by atoms with Gasteiger partial charge >= 0.3 is 6.09 Å². The van der Waals surface area contributed by atoms with Crippen LogP contribution in [0.5, 0.6) is 0 Å². The fourth-order valence-electron chi connectivity index (χ4n) is 4.44. The van der Waals surface area contributed by atoms with E-state index in [0.29, 0.717) is 11.8 Å². The van der Waals surface area contributed by atoms with E-state index in [1.165, 1.54) is 28.0 Å². The molecule has 0 spiro atoms. The van der Waals surface area contributed by atoms with Crippen LogP contribution in [0.2, 0.25) is 0 Å². The Bertz CT molecular complexity index is 898. The first-order chi connectivity index (χ1) is 14.2. The van der Waals surface area contributed by atoms with E-state index in [9.17, 15) is 4.79 Å². The van der Waals surface area contributed by atoms with Crippen molar-refractivity contribution in [3.63, 3.8) is 0 Å². The summed E-state index contributed by atoms with van der Waals surface area (Å²) < 4.78 is 5.57. The van der Waals surface area contributed by atoms with Crippen molar-refractivity contribution in [1.82, 2.24) is 4.90 Å². The van der Waals surface area contributed by atoms with Gasteiger partial charge in [-0.3, -0.25) is 0 Å². The molecule has 0 radical (unpaired) electrons. The van der Waals surface area contributed by atoms with E-state index in [2.05, 4.69) is 62.4 Å². The van der Waals surface area contributed by atoms with E-state index in [1.807, 2.05) is 37.4 Å². The zero-order chi connectivity index (χ0) is 21.5. The molecule has 1 amide bonds. The summed E-state index contributed by atoms with van der Waals surface area (Å²) in [5.41, 5.74) is 3.82. The van der Waals surface area contributed by atoms with Gasteiger partial charge in [0.05, 0.1) is 0 Å². The summed E-state index contributed by atoms with van der Waals surface area (Å²) in [6.07, 6.45) is 1.01. The van der Waals surface area contributed by atoms with Crippen molar-refractivity contribution in [2.45, 2.75) is 68.6 Å². The molecule has 0 aromatic heterocycles. The van der Waals surface area contributed by atoms with Crippen LogP contribution in [0.3, 0.4) is 0 Å². The topological polar surface area (TPSA) is 29.5 Å². The first-order valence-corrected chi connectivity index (χ1v) is 11.9. The number of hydrogen-bond donors (Lipinski definition) is 0. The van der Waals surface area contributed by atoms with Crippen molar-refractivity contribution in [2.24, 2.45) is 5.92 Å². The van der Waals surface area contributed by atoms with Crippen molar-refractivity contribution < 1.29 is 9.53 Å². The van der Waals surface area contributed by atoms with Crippen molar-refractivity contribution in [2.75, 3.05) is 13.1 Å². The second-order valence-corrected chi connectivity index (χ2v) is 11.2. The minimum atomic E-state index is -0.439. The lowest BCUT2D eigenvalue weighted by Gasteiger charge is -2.26. The summed E-state index contributed by atoms with van der Waals surface area (Å²) in [5, 5.41) is 0. The number of likely N-dealkylation sites (tertiary alicyclic amines) is 1. The van der Waals surface area contributed by atoms with Crippen LogP contribution in [0.25, 0.3) is 0 Å². The quantitative estimate of drug-likeness (QED) is 0.507. The van der Waals surface area contributed by atoms with Gasteiger partial charge in [-0.25, -0.2) is 4.79 Å². The third-order valence-electron chi connectivity index (χ3n) is 6.28. The van der Waals surface area contributed by atoms with Gasteiger partial charge in [-0.2, -0.15) is 0 Å². The minimum absolute atomic E-state index is 0.146. The zero-order valence-corrected chi connectivity index (χ0v) is 19.6. The molecule has 0 bridgehead atoms. The van der Waals surface area contributed by atoms with E-state index in [1.54, 1.807) is 0 Å². The van der Waals surface area contributed by atoms with E-state index in [0.717, 1.165) is 18.8 Å². The van der Waals surface area contributed by atoms with E-state index in [-0.39, 0.29) is 11.5 Å². The third-order valence-corrected chi connectivity index (χ3v) is 7.36. The first-order valence-electron chi connectivity index (χ1n) is 11.0. The number of carbonyl (C=O) groups is 1. The highest BCUT2D eigenvalue weighted by Gasteiger charge is 2.62.